The van der Waals surface area contributed by atoms with Gasteiger partial charge in [-0.2, -0.15) is 0 Å². The van der Waals surface area contributed by atoms with E-state index in [0.29, 0.717) is 5.16 Å². The predicted octanol–water partition coefficient (Wildman–Crippen LogP) is 3.25. The molecule has 0 radical (unpaired) electrons. The zero-order valence-electron chi connectivity index (χ0n) is 11.9. The van der Waals surface area contributed by atoms with E-state index in [-0.39, 0.29) is 11.3 Å². The molecule has 0 saturated heterocycles. The van der Waals surface area contributed by atoms with Crippen molar-refractivity contribution in [1.82, 2.24) is 14.8 Å². The van der Waals surface area contributed by atoms with Gasteiger partial charge < -0.3 is 5.11 Å². The highest BCUT2D eigenvalue weighted by Gasteiger charge is 2.25. The van der Waals surface area contributed by atoms with Crippen LogP contribution in [0.3, 0.4) is 0 Å². The van der Waals surface area contributed by atoms with Crippen LogP contribution in [0.1, 0.15) is 26.3 Å². The van der Waals surface area contributed by atoms with Crippen molar-refractivity contribution in [3.63, 3.8) is 0 Å². The number of rotatable bonds is 4. The van der Waals surface area contributed by atoms with E-state index in [0.717, 1.165) is 16.3 Å². The van der Waals surface area contributed by atoms with E-state index in [2.05, 4.69) is 31.0 Å². The Labute approximate surface area is 126 Å². The van der Waals surface area contributed by atoms with Crippen molar-refractivity contribution < 1.29 is 9.90 Å². The first-order valence-electron chi connectivity index (χ1n) is 6.15. The summed E-state index contributed by atoms with van der Waals surface area (Å²) in [5, 5.41) is 19.9. The summed E-state index contributed by atoms with van der Waals surface area (Å²) in [4.78, 5) is 11.8. The van der Waals surface area contributed by atoms with Gasteiger partial charge in [0.1, 0.15) is 0 Å². The minimum absolute atomic E-state index is 0.0162. The number of hydrogen-bond acceptors (Lipinski definition) is 5. The molecule has 5 nitrogen and oxygen atoms in total. The van der Waals surface area contributed by atoms with Crippen molar-refractivity contribution in [2.45, 2.75) is 38.4 Å². The first kappa shape index (κ1) is 15.1. The summed E-state index contributed by atoms with van der Waals surface area (Å²) in [6.45, 7) is 8.23. The van der Waals surface area contributed by atoms with Crippen LogP contribution < -0.4 is 0 Å². The van der Waals surface area contributed by atoms with Gasteiger partial charge in [-0.05, 0) is 44.7 Å². The number of thiophene rings is 1. The van der Waals surface area contributed by atoms with Crippen LogP contribution in [0, 0.1) is 6.92 Å². The standard InChI is InChI=1S/C13H17N3O2S2/c1-8-5-6-19-10(8)11-14-15-12(20-7-9(17)18)16(11)13(2,3)4/h5-6H,7H2,1-4H3,(H,17,18). The number of aryl methyl sites for hydroxylation is 1. The monoisotopic (exact) mass is 311 g/mol. The summed E-state index contributed by atoms with van der Waals surface area (Å²) in [5.74, 6) is -0.0670. The fourth-order valence-electron chi connectivity index (χ4n) is 1.84. The average Bonchev–Trinajstić information content (AvgIpc) is 2.90. The zero-order valence-corrected chi connectivity index (χ0v) is 13.5. The molecule has 2 heterocycles. The Hall–Kier alpha value is -1.34. The number of aliphatic carboxylic acids is 1. The van der Waals surface area contributed by atoms with Crippen LogP contribution in [0.25, 0.3) is 10.7 Å². The zero-order chi connectivity index (χ0) is 14.9. The third kappa shape index (κ3) is 3.04. The van der Waals surface area contributed by atoms with E-state index in [1.165, 1.54) is 11.8 Å². The smallest absolute Gasteiger partial charge is 0.313 e. The highest BCUT2D eigenvalue weighted by molar-refractivity contribution is 7.99. The SMILES string of the molecule is Cc1ccsc1-c1nnc(SCC(=O)O)n1C(C)(C)C. The molecule has 0 spiro atoms. The van der Waals surface area contributed by atoms with E-state index in [1.807, 2.05) is 22.9 Å². The molecule has 1 N–H and O–H groups in total. The molecule has 0 aliphatic heterocycles. The lowest BCUT2D eigenvalue weighted by atomic mass is 10.1. The Bertz CT molecular complexity index is 626. The first-order valence-corrected chi connectivity index (χ1v) is 8.02. The van der Waals surface area contributed by atoms with E-state index in [1.54, 1.807) is 11.3 Å². The number of nitrogens with zero attached hydrogens (tertiary/aromatic N) is 3. The molecular weight excluding hydrogens is 294 g/mol. The fourth-order valence-corrected chi connectivity index (χ4v) is 3.58. The van der Waals surface area contributed by atoms with Gasteiger partial charge in [-0.25, -0.2) is 0 Å². The molecule has 0 aromatic carbocycles. The molecule has 2 rings (SSSR count). The van der Waals surface area contributed by atoms with Gasteiger partial charge in [-0.1, -0.05) is 11.8 Å². The fraction of sp³-hybridized carbons (Fsp3) is 0.462. The number of hydrogen-bond donors (Lipinski definition) is 1. The molecule has 2 aromatic heterocycles. The number of carboxylic acid groups (broad SMARTS) is 1. The Balaban J connectivity index is 2.49. The van der Waals surface area contributed by atoms with Crippen LogP contribution in [0.4, 0.5) is 0 Å². The lowest BCUT2D eigenvalue weighted by Gasteiger charge is -2.24. The van der Waals surface area contributed by atoms with Crippen LogP contribution >= 0.6 is 23.1 Å². The molecule has 108 valence electrons. The van der Waals surface area contributed by atoms with Gasteiger partial charge in [0.15, 0.2) is 11.0 Å². The van der Waals surface area contributed by atoms with Crippen molar-refractivity contribution >= 4 is 29.1 Å². The van der Waals surface area contributed by atoms with Crippen LogP contribution in [0.15, 0.2) is 16.6 Å². The number of thioether (sulfide) groups is 1. The van der Waals surface area contributed by atoms with Gasteiger partial charge in [-0.15, -0.1) is 21.5 Å². The predicted molar refractivity (Wildman–Crippen MR) is 81.4 cm³/mol. The lowest BCUT2D eigenvalue weighted by Crippen LogP contribution is -2.24. The molecule has 0 bridgehead atoms. The van der Waals surface area contributed by atoms with Crippen molar-refractivity contribution in [2.24, 2.45) is 0 Å². The molecule has 0 saturated carbocycles. The maximum Gasteiger partial charge on any atom is 0.313 e. The van der Waals surface area contributed by atoms with Crippen LogP contribution in [-0.4, -0.2) is 31.6 Å². The molecule has 2 aromatic rings. The molecule has 0 amide bonds. The summed E-state index contributed by atoms with van der Waals surface area (Å²) >= 11 is 2.82. The van der Waals surface area contributed by atoms with Crippen molar-refractivity contribution in [1.29, 1.82) is 0 Å². The molecule has 0 fully saturated rings. The second-order valence-corrected chi connectivity index (χ2v) is 7.29. The Kier molecular flexibility index (Phi) is 4.19. The molecular formula is C13H17N3O2S2. The number of aromatic nitrogens is 3. The molecule has 0 aliphatic carbocycles. The van der Waals surface area contributed by atoms with Gasteiger partial charge in [0.2, 0.25) is 0 Å². The quantitative estimate of drug-likeness (QED) is 0.878. The van der Waals surface area contributed by atoms with Crippen molar-refractivity contribution in [3.05, 3.63) is 17.0 Å². The molecule has 7 heteroatoms. The summed E-state index contributed by atoms with van der Waals surface area (Å²) < 4.78 is 2.01. The number of carbonyl (C=O) groups is 1. The van der Waals surface area contributed by atoms with Gasteiger partial charge in [0, 0.05) is 5.54 Å². The molecule has 0 atom stereocenters. The summed E-state index contributed by atoms with van der Waals surface area (Å²) in [5.41, 5.74) is 0.943. The van der Waals surface area contributed by atoms with E-state index in [9.17, 15) is 4.79 Å². The molecule has 0 aliphatic rings. The summed E-state index contributed by atoms with van der Waals surface area (Å²) in [6.07, 6.45) is 0. The maximum absolute atomic E-state index is 10.7. The van der Waals surface area contributed by atoms with Gasteiger partial charge in [0.05, 0.1) is 10.6 Å². The van der Waals surface area contributed by atoms with Gasteiger partial charge in [0.25, 0.3) is 0 Å². The Morgan fingerprint density at radius 2 is 2.15 bits per heavy atom. The number of carboxylic acids is 1. The topological polar surface area (TPSA) is 68.0 Å². The second-order valence-electron chi connectivity index (χ2n) is 5.43. The highest BCUT2D eigenvalue weighted by Crippen LogP contribution is 2.34. The van der Waals surface area contributed by atoms with E-state index >= 15 is 0 Å². The lowest BCUT2D eigenvalue weighted by molar-refractivity contribution is -0.133. The summed E-state index contributed by atoms with van der Waals surface area (Å²) in [7, 11) is 0. The van der Waals surface area contributed by atoms with Gasteiger partial charge in [-0.3, -0.25) is 9.36 Å². The summed E-state index contributed by atoms with van der Waals surface area (Å²) in [6, 6.07) is 2.05. The molecule has 0 unspecified atom stereocenters. The van der Waals surface area contributed by atoms with Crippen LogP contribution in [-0.2, 0) is 10.3 Å². The van der Waals surface area contributed by atoms with E-state index in [4.69, 9.17) is 5.11 Å². The second kappa shape index (κ2) is 5.57. The Morgan fingerprint density at radius 3 is 2.65 bits per heavy atom. The Morgan fingerprint density at radius 1 is 1.45 bits per heavy atom. The third-order valence-electron chi connectivity index (χ3n) is 2.69. The van der Waals surface area contributed by atoms with Crippen molar-refractivity contribution in [2.75, 3.05) is 5.75 Å². The van der Waals surface area contributed by atoms with Crippen molar-refractivity contribution in [3.8, 4) is 10.7 Å². The minimum atomic E-state index is -0.854. The largest absolute Gasteiger partial charge is 0.481 e. The van der Waals surface area contributed by atoms with Crippen LogP contribution in [0.2, 0.25) is 0 Å². The van der Waals surface area contributed by atoms with Gasteiger partial charge >= 0.3 is 5.97 Å². The normalized spacial score (nSPS) is 11.8. The van der Waals surface area contributed by atoms with E-state index < -0.39 is 5.97 Å². The average molecular weight is 311 g/mol. The third-order valence-corrected chi connectivity index (χ3v) is 4.62. The molecule has 20 heavy (non-hydrogen) atoms. The maximum atomic E-state index is 10.7. The van der Waals surface area contributed by atoms with Crippen LogP contribution in [0.5, 0.6) is 0 Å². The minimum Gasteiger partial charge on any atom is -0.481 e. The first-order chi connectivity index (χ1) is 9.30. The highest BCUT2D eigenvalue weighted by atomic mass is 32.2.